The number of rotatable bonds is 5. The van der Waals surface area contributed by atoms with E-state index < -0.39 is 0 Å². The van der Waals surface area contributed by atoms with Crippen molar-refractivity contribution in [3.8, 4) is 5.75 Å². The van der Waals surface area contributed by atoms with Gasteiger partial charge in [0, 0.05) is 30.4 Å². The molecule has 0 aromatic carbocycles. The Hall–Kier alpha value is -1.33. The van der Waals surface area contributed by atoms with Gasteiger partial charge in [-0.1, -0.05) is 6.92 Å². The zero-order valence-electron chi connectivity index (χ0n) is 14.2. The minimum Gasteiger partial charge on any atom is -0.503 e. The Morgan fingerprint density at radius 1 is 1.41 bits per heavy atom. The Balaban J connectivity index is 2.17. The predicted octanol–water partition coefficient (Wildman–Crippen LogP) is 2.05. The molecule has 2 rings (SSSR count). The Morgan fingerprint density at radius 3 is 2.64 bits per heavy atom. The molecular formula is C17H29N3O2. The molecule has 0 amide bonds. The summed E-state index contributed by atoms with van der Waals surface area (Å²) >= 11 is 0. The predicted molar refractivity (Wildman–Crippen MR) is 89.4 cm³/mol. The Kier molecular flexibility index (Phi) is 5.64. The van der Waals surface area contributed by atoms with E-state index in [4.69, 9.17) is 0 Å². The SMILES string of the molecule is CCC(C)n1cc(O)c(=O)cc1CN(C)C1CCN(C)CC1. The summed E-state index contributed by atoms with van der Waals surface area (Å²) in [5.74, 6) is -0.161. The molecule has 1 unspecified atom stereocenters. The molecule has 1 aromatic heterocycles. The first-order chi connectivity index (χ1) is 10.4. The van der Waals surface area contributed by atoms with Gasteiger partial charge in [-0.2, -0.15) is 0 Å². The normalized spacial score (nSPS) is 18.8. The van der Waals surface area contributed by atoms with E-state index in [9.17, 15) is 9.90 Å². The van der Waals surface area contributed by atoms with Gasteiger partial charge in [0.25, 0.3) is 0 Å². The molecule has 0 saturated carbocycles. The average molecular weight is 307 g/mol. The maximum atomic E-state index is 11.8. The molecule has 0 bridgehead atoms. The van der Waals surface area contributed by atoms with Gasteiger partial charge in [-0.25, -0.2) is 0 Å². The van der Waals surface area contributed by atoms with E-state index in [2.05, 4.69) is 37.7 Å². The Labute approximate surface area is 133 Å². The highest BCUT2D eigenvalue weighted by atomic mass is 16.3. The first-order valence-electron chi connectivity index (χ1n) is 8.25. The van der Waals surface area contributed by atoms with Crippen LogP contribution in [0, 0.1) is 0 Å². The summed E-state index contributed by atoms with van der Waals surface area (Å²) < 4.78 is 2.04. The molecule has 1 N–H and O–H groups in total. The van der Waals surface area contributed by atoms with E-state index in [1.807, 2.05) is 4.57 Å². The number of hydrogen-bond donors (Lipinski definition) is 1. The molecule has 1 aliphatic rings. The van der Waals surface area contributed by atoms with Gasteiger partial charge in [-0.3, -0.25) is 9.69 Å². The van der Waals surface area contributed by atoms with Crippen LogP contribution in [0.15, 0.2) is 17.1 Å². The molecule has 0 spiro atoms. The number of hydrogen-bond acceptors (Lipinski definition) is 4. The fourth-order valence-corrected chi connectivity index (χ4v) is 3.13. The highest BCUT2D eigenvalue weighted by Gasteiger charge is 2.22. The second kappa shape index (κ2) is 7.29. The summed E-state index contributed by atoms with van der Waals surface area (Å²) in [4.78, 5) is 16.5. The molecule has 1 fully saturated rings. The van der Waals surface area contributed by atoms with Crippen LogP contribution in [-0.2, 0) is 6.54 Å². The van der Waals surface area contributed by atoms with Crippen molar-refractivity contribution >= 4 is 0 Å². The van der Waals surface area contributed by atoms with Gasteiger partial charge >= 0.3 is 0 Å². The third-order valence-corrected chi connectivity index (χ3v) is 4.93. The summed E-state index contributed by atoms with van der Waals surface area (Å²) in [6.07, 6.45) is 4.89. The van der Waals surface area contributed by atoms with Gasteiger partial charge in [-0.05, 0) is 53.4 Å². The van der Waals surface area contributed by atoms with Crippen molar-refractivity contribution in [2.45, 2.75) is 51.7 Å². The van der Waals surface area contributed by atoms with Gasteiger partial charge in [-0.15, -0.1) is 0 Å². The van der Waals surface area contributed by atoms with Crippen LogP contribution in [0.25, 0.3) is 0 Å². The number of aromatic hydroxyl groups is 1. The molecule has 5 heteroatoms. The lowest BCUT2D eigenvalue weighted by molar-refractivity contribution is 0.136. The molecule has 5 nitrogen and oxygen atoms in total. The van der Waals surface area contributed by atoms with Crippen LogP contribution >= 0.6 is 0 Å². The van der Waals surface area contributed by atoms with Crippen molar-refractivity contribution in [3.05, 3.63) is 28.2 Å². The molecule has 22 heavy (non-hydrogen) atoms. The smallest absolute Gasteiger partial charge is 0.223 e. The molecule has 1 atom stereocenters. The summed E-state index contributed by atoms with van der Waals surface area (Å²) in [7, 11) is 4.30. The third kappa shape index (κ3) is 3.90. The quantitative estimate of drug-likeness (QED) is 0.904. The maximum absolute atomic E-state index is 11.8. The van der Waals surface area contributed by atoms with Crippen LogP contribution in [0.1, 0.15) is 44.8 Å². The zero-order chi connectivity index (χ0) is 16.3. The topological polar surface area (TPSA) is 48.7 Å². The molecule has 1 saturated heterocycles. The van der Waals surface area contributed by atoms with Crippen molar-refractivity contribution in [2.24, 2.45) is 0 Å². The van der Waals surface area contributed by atoms with Crippen LogP contribution < -0.4 is 5.43 Å². The number of likely N-dealkylation sites (tertiary alicyclic amines) is 1. The lowest BCUT2D eigenvalue weighted by atomic mass is 10.0. The minimum absolute atomic E-state index is 0.161. The molecule has 0 aliphatic carbocycles. The molecule has 1 aromatic rings. The summed E-state index contributed by atoms with van der Waals surface area (Å²) in [6, 6.07) is 2.42. The number of piperidine rings is 1. The summed E-state index contributed by atoms with van der Waals surface area (Å²) in [5, 5.41) is 9.73. The largest absolute Gasteiger partial charge is 0.503 e. The summed E-state index contributed by atoms with van der Waals surface area (Å²) in [5.41, 5.74) is 0.699. The van der Waals surface area contributed by atoms with Gasteiger partial charge in [0.2, 0.25) is 5.43 Å². The zero-order valence-corrected chi connectivity index (χ0v) is 14.2. The first kappa shape index (κ1) is 17.0. The number of aromatic nitrogens is 1. The highest BCUT2D eigenvalue weighted by Crippen LogP contribution is 2.20. The lowest BCUT2D eigenvalue weighted by Gasteiger charge is -2.35. The molecule has 124 valence electrons. The fourth-order valence-electron chi connectivity index (χ4n) is 3.13. The molecular weight excluding hydrogens is 278 g/mol. The minimum atomic E-state index is -0.286. The van der Waals surface area contributed by atoms with E-state index in [0.717, 1.165) is 31.7 Å². The van der Waals surface area contributed by atoms with Crippen molar-refractivity contribution in [1.82, 2.24) is 14.4 Å². The number of nitrogens with zero attached hydrogens (tertiary/aromatic N) is 3. The van der Waals surface area contributed by atoms with Crippen molar-refractivity contribution in [1.29, 1.82) is 0 Å². The van der Waals surface area contributed by atoms with Crippen molar-refractivity contribution < 1.29 is 5.11 Å². The summed E-state index contributed by atoms with van der Waals surface area (Å²) in [6.45, 7) is 7.23. The Bertz CT molecular complexity index is 547. The Morgan fingerprint density at radius 2 is 2.05 bits per heavy atom. The van der Waals surface area contributed by atoms with Crippen LogP contribution in [0.2, 0.25) is 0 Å². The van der Waals surface area contributed by atoms with E-state index in [0.29, 0.717) is 6.04 Å². The molecule has 0 radical (unpaired) electrons. The maximum Gasteiger partial charge on any atom is 0.223 e. The van der Waals surface area contributed by atoms with E-state index in [1.165, 1.54) is 12.8 Å². The fraction of sp³-hybridized carbons (Fsp3) is 0.706. The van der Waals surface area contributed by atoms with Crippen molar-refractivity contribution in [3.63, 3.8) is 0 Å². The second-order valence-corrected chi connectivity index (χ2v) is 6.63. The first-order valence-corrected chi connectivity index (χ1v) is 8.25. The molecule has 1 aliphatic heterocycles. The van der Waals surface area contributed by atoms with Gasteiger partial charge in [0.15, 0.2) is 5.75 Å². The van der Waals surface area contributed by atoms with E-state index in [-0.39, 0.29) is 17.2 Å². The molecule has 2 heterocycles. The van der Waals surface area contributed by atoms with Gasteiger partial charge < -0.3 is 14.6 Å². The van der Waals surface area contributed by atoms with Gasteiger partial charge in [0.05, 0.1) is 6.20 Å². The van der Waals surface area contributed by atoms with Crippen LogP contribution in [0.5, 0.6) is 5.75 Å². The third-order valence-electron chi connectivity index (χ3n) is 4.93. The van der Waals surface area contributed by atoms with E-state index >= 15 is 0 Å². The van der Waals surface area contributed by atoms with Crippen LogP contribution in [-0.4, -0.2) is 52.7 Å². The number of pyridine rings is 1. The van der Waals surface area contributed by atoms with Crippen LogP contribution in [0.4, 0.5) is 0 Å². The van der Waals surface area contributed by atoms with Gasteiger partial charge in [0.1, 0.15) is 0 Å². The lowest BCUT2D eigenvalue weighted by Crippen LogP contribution is -2.42. The monoisotopic (exact) mass is 307 g/mol. The van der Waals surface area contributed by atoms with Crippen molar-refractivity contribution in [2.75, 3.05) is 27.2 Å². The van der Waals surface area contributed by atoms with E-state index in [1.54, 1.807) is 12.3 Å². The average Bonchev–Trinajstić information content (AvgIpc) is 2.50. The van der Waals surface area contributed by atoms with Crippen LogP contribution in [0.3, 0.4) is 0 Å². The second-order valence-electron chi connectivity index (χ2n) is 6.63. The highest BCUT2D eigenvalue weighted by molar-refractivity contribution is 5.21. The standard InChI is InChI=1S/C17H29N3O2/c1-5-13(2)20-12-17(22)16(21)10-15(20)11-19(4)14-6-8-18(3)9-7-14/h10,12-14,22H,5-9,11H2,1-4H3.